The molecule has 0 atom stereocenters. The van der Waals surface area contributed by atoms with Crippen molar-refractivity contribution in [3.8, 4) is 22.5 Å². The smallest absolute Gasteiger partial charge is 0.240 e. The third kappa shape index (κ3) is 11.2. The SMILES string of the molecule is CCN(CC)c1ccc2c(-c3ccc(S(=O)(=O)NCCC[Si](C)(C)O[Si](C)(C)CSc4ncc(CCl)cn4)cc3S(=O)(=O)[O-])c3ccc(=[N+](CC)CC)cc-3oc2c1. The molecule has 3 aromatic rings. The first-order valence-corrected chi connectivity index (χ1v) is 30.1. The summed E-state index contributed by atoms with van der Waals surface area (Å²) in [6.07, 6.45) is 3.96. The fourth-order valence-corrected chi connectivity index (χ4v) is 19.5. The molecule has 0 saturated carbocycles. The van der Waals surface area contributed by atoms with Crippen LogP contribution < -0.4 is 19.6 Å². The number of benzene rings is 3. The van der Waals surface area contributed by atoms with Gasteiger partial charge in [-0.05, 0) is 96.7 Å². The standard InChI is InChI=1S/C40H54ClN5O7S3Si2/c1-9-45(10-2)30-14-17-33-36(22-30)52-37-23-31(46(11-3)12-4)15-18-34(37)39(33)35-19-16-32(24-38(35)56(49,50)51)55(47,48)44-20-13-21-57(5,6)53-58(7,8)28-54-40-42-26-29(25-41)27-43-40/h14-19,22-24,26-27,44H,9-13,20-21,25,28H2,1-8H3. The highest BCUT2D eigenvalue weighted by molar-refractivity contribution is 8.00. The number of rotatable bonds is 19. The second kappa shape index (κ2) is 19.1. The zero-order chi connectivity index (χ0) is 42.5. The van der Waals surface area contributed by atoms with Gasteiger partial charge in [-0.2, -0.15) is 0 Å². The van der Waals surface area contributed by atoms with Gasteiger partial charge in [-0.15, -0.1) is 11.6 Å². The number of sulfonamides is 1. The van der Waals surface area contributed by atoms with Crippen LogP contribution in [-0.4, -0.2) is 86.1 Å². The number of aromatic nitrogens is 2. The van der Waals surface area contributed by atoms with Crippen molar-refractivity contribution in [3.05, 3.63) is 77.9 Å². The van der Waals surface area contributed by atoms with Crippen LogP contribution in [0.4, 0.5) is 5.69 Å². The van der Waals surface area contributed by atoms with Crippen molar-refractivity contribution in [1.82, 2.24) is 19.3 Å². The van der Waals surface area contributed by atoms with Gasteiger partial charge in [0.1, 0.15) is 34.6 Å². The lowest BCUT2D eigenvalue weighted by molar-refractivity contribution is 0.463. The van der Waals surface area contributed by atoms with Crippen molar-refractivity contribution >= 4 is 76.8 Å². The van der Waals surface area contributed by atoms with Gasteiger partial charge in [0.15, 0.2) is 21.8 Å². The summed E-state index contributed by atoms with van der Waals surface area (Å²) in [5.41, 5.74) is 3.44. The fraction of sp³-hybridized carbons (Fsp3) is 0.425. The summed E-state index contributed by atoms with van der Waals surface area (Å²) in [5, 5.41) is 2.95. The van der Waals surface area contributed by atoms with E-state index in [1.165, 1.54) is 12.1 Å². The molecule has 1 aliphatic heterocycles. The molecule has 1 aromatic heterocycles. The van der Waals surface area contributed by atoms with Crippen LogP contribution in [0.3, 0.4) is 0 Å². The van der Waals surface area contributed by atoms with Gasteiger partial charge in [0.25, 0.3) is 0 Å². The summed E-state index contributed by atoms with van der Waals surface area (Å²) in [4.78, 5) is 9.97. The summed E-state index contributed by atoms with van der Waals surface area (Å²) in [7, 11) is -13.7. The molecule has 12 nitrogen and oxygen atoms in total. The molecule has 0 saturated heterocycles. The van der Waals surface area contributed by atoms with Gasteiger partial charge < -0.3 is 18.0 Å². The second-order valence-electron chi connectivity index (χ2n) is 15.2. The summed E-state index contributed by atoms with van der Waals surface area (Å²) in [6.45, 7) is 20.0. The Balaban J connectivity index is 1.42. The minimum absolute atomic E-state index is 0.0969. The van der Waals surface area contributed by atoms with Crippen LogP contribution in [0.25, 0.3) is 33.4 Å². The molecule has 0 fully saturated rings. The summed E-state index contributed by atoms with van der Waals surface area (Å²) in [6, 6.07) is 15.9. The molecule has 1 aliphatic carbocycles. The van der Waals surface area contributed by atoms with E-state index in [1.54, 1.807) is 24.2 Å². The highest BCUT2D eigenvalue weighted by atomic mass is 35.5. The summed E-state index contributed by atoms with van der Waals surface area (Å²) < 4.78 is 84.4. The average Bonchev–Trinajstić information content (AvgIpc) is 3.18. The molecular formula is C40H54ClN5O7S3Si2. The van der Waals surface area contributed by atoms with Gasteiger partial charge in [-0.1, -0.05) is 17.8 Å². The molecule has 314 valence electrons. The molecule has 2 heterocycles. The molecular weight excluding hydrogens is 850 g/mol. The lowest BCUT2D eigenvalue weighted by Crippen LogP contribution is -2.46. The zero-order valence-corrected chi connectivity index (χ0v) is 39.7. The Morgan fingerprint density at radius 3 is 2.19 bits per heavy atom. The lowest BCUT2D eigenvalue weighted by atomic mass is 9.93. The maximum Gasteiger partial charge on any atom is 0.240 e. The largest absolute Gasteiger partial charge is 0.744 e. The van der Waals surface area contributed by atoms with E-state index in [4.69, 9.17) is 20.1 Å². The molecule has 5 rings (SSSR count). The number of hydrogen-bond donors (Lipinski definition) is 1. The first-order valence-electron chi connectivity index (χ1n) is 19.5. The van der Waals surface area contributed by atoms with E-state index in [9.17, 15) is 21.4 Å². The molecule has 2 aliphatic rings. The normalized spacial score (nSPS) is 12.7. The maximum absolute atomic E-state index is 13.6. The molecule has 2 aromatic carbocycles. The fourth-order valence-electron chi connectivity index (χ4n) is 7.17. The van der Waals surface area contributed by atoms with E-state index in [1.807, 2.05) is 36.4 Å². The van der Waals surface area contributed by atoms with Gasteiger partial charge >= 0.3 is 0 Å². The monoisotopic (exact) mass is 903 g/mol. The van der Waals surface area contributed by atoms with Crippen molar-refractivity contribution in [2.45, 2.75) is 87.2 Å². The van der Waals surface area contributed by atoms with E-state index < -0.39 is 41.7 Å². The van der Waals surface area contributed by atoms with Crippen LogP contribution in [-0.2, 0) is 30.1 Å². The van der Waals surface area contributed by atoms with Crippen LogP contribution in [0.5, 0.6) is 0 Å². The number of thioether (sulfide) groups is 1. The van der Waals surface area contributed by atoms with E-state index in [2.05, 4.69) is 78.0 Å². The number of hydrogen-bond acceptors (Lipinski definition) is 11. The first-order chi connectivity index (χ1) is 27.3. The van der Waals surface area contributed by atoms with Crippen molar-refractivity contribution < 1.29 is 29.9 Å². The molecule has 58 heavy (non-hydrogen) atoms. The quantitative estimate of drug-likeness (QED) is 0.0126. The highest BCUT2D eigenvalue weighted by Crippen LogP contribution is 2.43. The molecule has 0 radical (unpaired) electrons. The molecule has 0 unspecified atom stereocenters. The zero-order valence-electron chi connectivity index (χ0n) is 34.5. The van der Waals surface area contributed by atoms with Crippen LogP contribution >= 0.6 is 23.4 Å². The number of nitrogens with zero attached hydrogens (tertiary/aromatic N) is 4. The Morgan fingerprint density at radius 1 is 0.897 bits per heavy atom. The van der Waals surface area contributed by atoms with E-state index in [0.717, 1.165) is 54.2 Å². The highest BCUT2D eigenvalue weighted by Gasteiger charge is 2.33. The number of halogens is 1. The summed E-state index contributed by atoms with van der Waals surface area (Å²) in [5.74, 6) is 0.861. The minimum Gasteiger partial charge on any atom is -0.744 e. The first kappa shape index (κ1) is 45.9. The van der Waals surface area contributed by atoms with Crippen molar-refractivity contribution in [2.75, 3.05) is 43.0 Å². The average molecular weight is 905 g/mol. The number of fused-ring (bicyclic) bond motifs is 2. The Hall–Kier alpha value is -3.14. The van der Waals surface area contributed by atoms with Crippen molar-refractivity contribution in [2.24, 2.45) is 0 Å². The molecule has 18 heteroatoms. The molecule has 1 N–H and O–H groups in total. The Morgan fingerprint density at radius 2 is 1.57 bits per heavy atom. The maximum atomic E-state index is 13.6. The van der Waals surface area contributed by atoms with Gasteiger partial charge in [-0.3, -0.25) is 0 Å². The van der Waals surface area contributed by atoms with E-state index >= 15 is 0 Å². The summed E-state index contributed by atoms with van der Waals surface area (Å²) >= 11 is 7.41. The van der Waals surface area contributed by atoms with Crippen LogP contribution in [0, 0.1) is 0 Å². The predicted octanol–water partition coefficient (Wildman–Crippen LogP) is 7.72. The van der Waals surface area contributed by atoms with Gasteiger partial charge in [0, 0.05) is 82.9 Å². The molecule has 0 amide bonds. The van der Waals surface area contributed by atoms with Crippen molar-refractivity contribution in [3.63, 3.8) is 0 Å². The van der Waals surface area contributed by atoms with E-state index in [0.29, 0.717) is 51.4 Å². The number of nitrogens with one attached hydrogen (secondary N) is 1. The number of alkyl halides is 1. The Bertz CT molecular complexity index is 2490. The van der Waals surface area contributed by atoms with E-state index in [-0.39, 0.29) is 17.0 Å². The lowest BCUT2D eigenvalue weighted by Gasteiger charge is -2.33. The van der Waals surface area contributed by atoms with Gasteiger partial charge in [0.2, 0.25) is 15.4 Å². The Kier molecular flexibility index (Phi) is 15.1. The molecule has 0 bridgehead atoms. The van der Waals surface area contributed by atoms with Gasteiger partial charge in [-0.25, -0.2) is 36.1 Å². The topological polar surface area (TPSA) is 158 Å². The van der Waals surface area contributed by atoms with Crippen LogP contribution in [0.1, 0.15) is 39.7 Å². The third-order valence-corrected chi connectivity index (χ3v) is 22.4. The third-order valence-electron chi connectivity index (χ3n) is 9.93. The molecule has 0 spiro atoms. The second-order valence-corrected chi connectivity index (χ2v) is 28.8. The Labute approximate surface area is 354 Å². The van der Waals surface area contributed by atoms with Crippen LogP contribution in [0.2, 0.25) is 32.2 Å². The van der Waals surface area contributed by atoms with Crippen LogP contribution in [0.15, 0.2) is 86.4 Å². The minimum atomic E-state index is -5.16. The van der Waals surface area contributed by atoms with Gasteiger partial charge in [0.05, 0.1) is 21.7 Å². The van der Waals surface area contributed by atoms with Crippen molar-refractivity contribution in [1.29, 1.82) is 0 Å². The number of anilines is 1. The predicted molar refractivity (Wildman–Crippen MR) is 239 cm³/mol.